The van der Waals surface area contributed by atoms with Crippen molar-refractivity contribution in [1.82, 2.24) is 5.32 Å². The van der Waals surface area contributed by atoms with Gasteiger partial charge in [-0.1, -0.05) is 254 Å². The highest BCUT2D eigenvalue weighted by Gasteiger charge is 2.51. The van der Waals surface area contributed by atoms with Gasteiger partial charge in [0.1, 0.15) is 48.8 Å². The predicted molar refractivity (Wildman–Crippen MR) is 382 cm³/mol. The van der Waals surface area contributed by atoms with Crippen LogP contribution in [-0.2, 0) is 23.7 Å². The topological polar surface area (TPSA) is 228 Å². The predicted octanol–water partition coefficient (Wildman–Crippen LogP) is 14.9. The molecular weight excluding hydrogens is 1170 g/mol. The molecule has 14 heteroatoms. The molecule has 14 nitrogen and oxygen atoms in total. The summed E-state index contributed by atoms with van der Waals surface area (Å²) >= 11 is 0. The highest BCUT2D eigenvalue weighted by molar-refractivity contribution is 5.76. The first-order valence-electron chi connectivity index (χ1n) is 35.5. The van der Waals surface area contributed by atoms with Gasteiger partial charge in [0.2, 0.25) is 5.91 Å². The van der Waals surface area contributed by atoms with Crippen LogP contribution < -0.4 is 5.32 Å². The van der Waals surface area contributed by atoms with Crippen LogP contribution in [0.5, 0.6) is 0 Å². The van der Waals surface area contributed by atoms with Gasteiger partial charge in [0.15, 0.2) is 12.6 Å². The van der Waals surface area contributed by atoms with Crippen molar-refractivity contribution in [3.05, 3.63) is 182 Å². The molecule has 2 saturated heterocycles. The SMILES string of the molecule is CC/C=C\C/C=C\C/C=C\C/C=C\C/C=C\C/C=C\C/C=C\C/C=C\C/C=C\C/C=C\C/C=C\C/C=C\CCCCCCC(=O)NC(COC1OC(CO)C(OC2OC(CO)C(O)C(O)C2O)C(O)C1O)C(O)/C=C/CC/C=C/CC/C=C/CCCCCCCCCC. The van der Waals surface area contributed by atoms with Crippen molar-refractivity contribution in [3.63, 3.8) is 0 Å². The molecule has 9 N–H and O–H groups in total. The van der Waals surface area contributed by atoms with E-state index in [1.165, 1.54) is 51.4 Å². The standard InChI is InChI=1S/C79H125NO13/c1-3-5-7-9-11-13-15-17-19-21-23-24-25-26-27-28-29-30-31-32-33-34-35-36-37-38-39-40-41-42-43-44-45-47-49-51-53-55-57-59-61-63-71(84)80-67(68(83)62-60-58-56-54-52-50-48-46-22-20-18-16-14-12-10-8-6-4-2)66-90-78-76(89)74(87)77(70(65-82)92-78)93-79-75(88)73(86)72(85)69(64-81)91-79/h5,7,11,13,17,19,22-24,26-27,29-30,32-33,35-36,38-39,41-42,44-46,49,51-52,54,60,62,67-70,72-79,81-83,85-89H,3-4,6,8-10,12,14-16,18,20-21,25,28,31,34,37,40,43,47-48,50,53,55-59,61,63-66H2,1-2H3,(H,80,84)/b7-5-,13-11-,19-17-,24-23-,27-26-,30-29-,33-32-,36-35-,39-38-,42-41-,45-44-,46-22+,51-49-,54-52+,62-60+. The lowest BCUT2D eigenvalue weighted by Gasteiger charge is -2.46. The number of allylic oxidation sites excluding steroid dienone is 29. The number of unbranched alkanes of at least 4 members (excludes halogenated alkanes) is 14. The Labute approximate surface area is 561 Å². The molecule has 93 heavy (non-hydrogen) atoms. The van der Waals surface area contributed by atoms with Gasteiger partial charge in [0.05, 0.1) is 32.0 Å². The van der Waals surface area contributed by atoms with E-state index in [0.29, 0.717) is 12.8 Å². The van der Waals surface area contributed by atoms with Crippen LogP contribution in [-0.4, -0.2) is 140 Å². The Bertz CT molecular complexity index is 2270. The smallest absolute Gasteiger partial charge is 0.220 e. The molecule has 2 aliphatic rings. The van der Waals surface area contributed by atoms with Crippen LogP contribution in [0.15, 0.2) is 182 Å². The van der Waals surface area contributed by atoms with E-state index >= 15 is 0 Å². The molecule has 1 amide bonds. The van der Waals surface area contributed by atoms with Crippen molar-refractivity contribution < 1.29 is 64.6 Å². The molecule has 2 heterocycles. The molecule has 0 aromatic carbocycles. The average Bonchev–Trinajstić information content (AvgIpc) is 0.958. The Kier molecular flexibility index (Phi) is 55.0. The minimum Gasteiger partial charge on any atom is -0.394 e. The van der Waals surface area contributed by atoms with Crippen molar-refractivity contribution in [1.29, 1.82) is 0 Å². The Morgan fingerprint density at radius 1 is 0.398 bits per heavy atom. The number of carbonyl (C=O) groups excluding carboxylic acids is 1. The molecule has 0 radical (unpaired) electrons. The third kappa shape index (κ3) is 44.5. The van der Waals surface area contributed by atoms with Gasteiger partial charge in [-0.2, -0.15) is 0 Å². The molecular formula is C79H125NO13. The van der Waals surface area contributed by atoms with Crippen molar-refractivity contribution in [2.45, 2.75) is 286 Å². The lowest BCUT2D eigenvalue weighted by Crippen LogP contribution is -2.65. The van der Waals surface area contributed by atoms with E-state index in [0.717, 1.165) is 128 Å². The summed E-state index contributed by atoms with van der Waals surface area (Å²) in [6.07, 6.45) is 79.4. The van der Waals surface area contributed by atoms with E-state index in [2.05, 4.69) is 189 Å². The first-order valence-corrected chi connectivity index (χ1v) is 35.5. The first-order chi connectivity index (χ1) is 45.6. The van der Waals surface area contributed by atoms with E-state index in [-0.39, 0.29) is 18.9 Å². The maximum Gasteiger partial charge on any atom is 0.220 e. The second-order valence-electron chi connectivity index (χ2n) is 23.9. The Morgan fingerprint density at radius 3 is 1.18 bits per heavy atom. The Morgan fingerprint density at radius 2 is 0.753 bits per heavy atom. The van der Waals surface area contributed by atoms with Gasteiger partial charge >= 0.3 is 0 Å². The number of nitrogens with one attached hydrogen (secondary N) is 1. The fourth-order valence-electron chi connectivity index (χ4n) is 10.2. The minimum atomic E-state index is -1.81. The van der Waals surface area contributed by atoms with E-state index < -0.39 is 86.8 Å². The number of hydrogen-bond acceptors (Lipinski definition) is 13. The maximum atomic E-state index is 13.3. The van der Waals surface area contributed by atoms with Gasteiger partial charge in [-0.15, -0.1) is 0 Å². The molecule has 2 fully saturated rings. The van der Waals surface area contributed by atoms with Crippen LogP contribution >= 0.6 is 0 Å². The van der Waals surface area contributed by atoms with Crippen molar-refractivity contribution in [3.8, 4) is 0 Å². The number of carbonyl (C=O) groups is 1. The second-order valence-corrected chi connectivity index (χ2v) is 23.9. The number of aliphatic hydroxyl groups excluding tert-OH is 8. The summed E-state index contributed by atoms with van der Waals surface area (Å²) in [7, 11) is 0. The summed E-state index contributed by atoms with van der Waals surface area (Å²) in [4.78, 5) is 13.3. The number of amides is 1. The molecule has 12 atom stereocenters. The van der Waals surface area contributed by atoms with Crippen molar-refractivity contribution in [2.24, 2.45) is 0 Å². The highest BCUT2D eigenvalue weighted by Crippen LogP contribution is 2.30. The number of aliphatic hydroxyl groups is 8. The quantitative estimate of drug-likeness (QED) is 0.0204. The van der Waals surface area contributed by atoms with Gasteiger partial charge < -0.3 is 65.1 Å². The zero-order valence-corrected chi connectivity index (χ0v) is 56.9. The third-order valence-electron chi connectivity index (χ3n) is 15.8. The first kappa shape index (κ1) is 84.2. The lowest BCUT2D eigenvalue weighted by molar-refractivity contribution is -0.359. The molecule has 0 spiro atoms. The summed E-state index contributed by atoms with van der Waals surface area (Å²) in [5, 5.41) is 87.3. The molecule has 524 valence electrons. The zero-order valence-electron chi connectivity index (χ0n) is 56.9. The van der Waals surface area contributed by atoms with Gasteiger partial charge in [-0.3, -0.25) is 4.79 Å². The lowest BCUT2D eigenvalue weighted by atomic mass is 9.97. The van der Waals surface area contributed by atoms with Crippen molar-refractivity contribution in [2.75, 3.05) is 19.8 Å². The van der Waals surface area contributed by atoms with Crippen LogP contribution in [0, 0.1) is 0 Å². The summed E-state index contributed by atoms with van der Waals surface area (Å²) in [6.45, 7) is 2.62. The largest absolute Gasteiger partial charge is 0.394 e. The molecule has 0 aromatic rings. The van der Waals surface area contributed by atoms with Crippen LogP contribution in [0.1, 0.15) is 213 Å². The third-order valence-corrected chi connectivity index (χ3v) is 15.8. The van der Waals surface area contributed by atoms with E-state index in [1.54, 1.807) is 6.08 Å². The van der Waals surface area contributed by atoms with Gasteiger partial charge in [-0.05, 0) is 135 Å². The molecule has 0 aromatic heterocycles. The van der Waals surface area contributed by atoms with Crippen molar-refractivity contribution >= 4 is 5.91 Å². The monoisotopic (exact) mass is 1300 g/mol. The van der Waals surface area contributed by atoms with Gasteiger partial charge in [0.25, 0.3) is 0 Å². The number of rotatable bonds is 55. The van der Waals surface area contributed by atoms with E-state index in [1.807, 2.05) is 6.08 Å². The summed E-state index contributed by atoms with van der Waals surface area (Å²) in [6, 6.07) is -0.966. The average molecular weight is 1300 g/mol. The normalized spacial score (nSPS) is 23.7. The Hall–Kier alpha value is -4.91. The number of hydrogen-bond donors (Lipinski definition) is 9. The molecule has 12 unspecified atom stereocenters. The van der Waals surface area contributed by atoms with Crippen LogP contribution in [0.3, 0.4) is 0 Å². The van der Waals surface area contributed by atoms with Gasteiger partial charge in [-0.25, -0.2) is 0 Å². The maximum absolute atomic E-state index is 13.3. The highest BCUT2D eigenvalue weighted by atomic mass is 16.7. The van der Waals surface area contributed by atoms with Crippen LogP contribution in [0.25, 0.3) is 0 Å². The number of ether oxygens (including phenoxy) is 4. The summed E-state index contributed by atoms with van der Waals surface area (Å²) in [5.41, 5.74) is 0. The van der Waals surface area contributed by atoms with Crippen LogP contribution in [0.2, 0.25) is 0 Å². The van der Waals surface area contributed by atoms with Gasteiger partial charge in [0, 0.05) is 6.42 Å². The Balaban J connectivity index is 1.68. The molecule has 0 bridgehead atoms. The fourth-order valence-corrected chi connectivity index (χ4v) is 10.2. The summed E-state index contributed by atoms with van der Waals surface area (Å²) < 4.78 is 22.8. The van der Waals surface area contributed by atoms with E-state index in [9.17, 15) is 45.6 Å². The summed E-state index contributed by atoms with van der Waals surface area (Å²) in [5.74, 6) is -0.286. The molecule has 2 rings (SSSR count). The second kappa shape index (κ2) is 60.7. The molecule has 2 aliphatic heterocycles. The fraction of sp³-hybridized carbons (Fsp3) is 0.608. The zero-order chi connectivity index (χ0) is 67.3. The molecule has 0 aliphatic carbocycles. The minimum absolute atomic E-state index is 0.228. The van der Waals surface area contributed by atoms with Crippen LogP contribution in [0.4, 0.5) is 0 Å². The van der Waals surface area contributed by atoms with E-state index in [4.69, 9.17) is 18.9 Å². The molecule has 0 saturated carbocycles.